The number of carbonyl (C=O) groups is 2. The largest absolute Gasteiger partial charge is 0.348 e. The highest BCUT2D eigenvalue weighted by atomic mass is 35.5. The molecule has 3 aromatic carbocycles. The van der Waals surface area contributed by atoms with Gasteiger partial charge in [0.1, 0.15) is 5.82 Å². The molecule has 1 heterocycles. The number of hydrogen-bond donors (Lipinski definition) is 1. The fraction of sp³-hybridized carbons (Fsp3) is 0.0833. The van der Waals surface area contributed by atoms with Crippen molar-refractivity contribution in [3.63, 3.8) is 0 Å². The number of amides is 2. The Labute approximate surface area is 188 Å². The Hall–Kier alpha value is -3.09. The zero-order valence-corrected chi connectivity index (χ0v) is 17.9. The summed E-state index contributed by atoms with van der Waals surface area (Å²) in [6, 6.07) is 20.8. The normalized spacial score (nSPS) is 14.5. The van der Waals surface area contributed by atoms with E-state index in [9.17, 15) is 14.0 Å². The van der Waals surface area contributed by atoms with Crippen LogP contribution in [0.25, 0.3) is 0 Å². The quantitative estimate of drug-likeness (QED) is 0.533. The Bertz CT molecular complexity index is 1160. The van der Waals surface area contributed by atoms with E-state index >= 15 is 0 Å². The standard InChI is InChI=1S/C24H18ClFN2O2S/c25-19-6-2-1-5-17(19)14-27-23(29)13-22-24(30)28(15-16-9-11-18(26)12-10-16)20-7-3-4-8-21(20)31-22/h1-13H,14-15H2,(H,27,29)/b22-13-. The van der Waals surface area contributed by atoms with Gasteiger partial charge in [-0.2, -0.15) is 0 Å². The molecule has 1 aliphatic rings. The van der Waals surface area contributed by atoms with Crippen LogP contribution in [0.2, 0.25) is 5.02 Å². The lowest BCUT2D eigenvalue weighted by molar-refractivity contribution is -0.118. The van der Waals surface area contributed by atoms with E-state index in [0.29, 0.717) is 9.93 Å². The average molecular weight is 453 g/mol. The van der Waals surface area contributed by atoms with Gasteiger partial charge in [0.2, 0.25) is 5.91 Å². The smallest absolute Gasteiger partial charge is 0.265 e. The molecule has 0 fully saturated rings. The van der Waals surface area contributed by atoms with Crippen molar-refractivity contribution in [1.82, 2.24) is 5.32 Å². The molecule has 0 aromatic heterocycles. The number of para-hydroxylation sites is 1. The molecule has 156 valence electrons. The van der Waals surface area contributed by atoms with Crippen molar-refractivity contribution in [3.05, 3.63) is 106 Å². The third-order valence-corrected chi connectivity index (χ3v) is 6.21. The second-order valence-electron chi connectivity index (χ2n) is 6.91. The van der Waals surface area contributed by atoms with Crippen molar-refractivity contribution in [3.8, 4) is 0 Å². The van der Waals surface area contributed by atoms with Gasteiger partial charge >= 0.3 is 0 Å². The van der Waals surface area contributed by atoms with E-state index in [2.05, 4.69) is 5.32 Å². The number of halogens is 2. The van der Waals surface area contributed by atoms with E-state index in [1.54, 1.807) is 23.1 Å². The van der Waals surface area contributed by atoms with Crippen LogP contribution in [0.5, 0.6) is 0 Å². The molecular weight excluding hydrogens is 435 g/mol. The summed E-state index contributed by atoms with van der Waals surface area (Å²) in [6.07, 6.45) is 1.32. The van der Waals surface area contributed by atoms with Gasteiger partial charge in [-0.1, -0.05) is 65.8 Å². The van der Waals surface area contributed by atoms with Crippen molar-refractivity contribution in [1.29, 1.82) is 0 Å². The monoisotopic (exact) mass is 452 g/mol. The van der Waals surface area contributed by atoms with Crippen LogP contribution in [0, 0.1) is 5.82 Å². The van der Waals surface area contributed by atoms with Crippen LogP contribution < -0.4 is 10.2 Å². The third kappa shape index (κ3) is 4.98. The van der Waals surface area contributed by atoms with Crippen molar-refractivity contribution in [2.75, 3.05) is 4.90 Å². The number of thioether (sulfide) groups is 1. The molecule has 3 aromatic rings. The van der Waals surface area contributed by atoms with Crippen LogP contribution in [0.4, 0.5) is 10.1 Å². The van der Waals surface area contributed by atoms with Gasteiger partial charge < -0.3 is 10.2 Å². The van der Waals surface area contributed by atoms with E-state index in [0.717, 1.165) is 21.7 Å². The van der Waals surface area contributed by atoms with E-state index in [-0.39, 0.29) is 30.7 Å². The first-order valence-electron chi connectivity index (χ1n) is 9.57. The maximum atomic E-state index is 13.3. The van der Waals surface area contributed by atoms with Gasteiger partial charge in [0.15, 0.2) is 0 Å². The van der Waals surface area contributed by atoms with Gasteiger partial charge in [-0.25, -0.2) is 4.39 Å². The topological polar surface area (TPSA) is 49.4 Å². The van der Waals surface area contributed by atoms with Crippen LogP contribution >= 0.6 is 23.4 Å². The Morgan fingerprint density at radius 2 is 1.74 bits per heavy atom. The summed E-state index contributed by atoms with van der Waals surface area (Å²) >= 11 is 7.39. The lowest BCUT2D eigenvalue weighted by Gasteiger charge is -2.30. The first kappa shape index (κ1) is 21.2. The van der Waals surface area contributed by atoms with Crippen LogP contribution in [-0.4, -0.2) is 11.8 Å². The SMILES string of the molecule is O=C(/C=C1\Sc2ccccc2N(Cc2ccc(F)cc2)C1=O)NCc1ccccc1Cl. The Kier molecular flexibility index (Phi) is 6.39. The highest BCUT2D eigenvalue weighted by molar-refractivity contribution is 8.04. The lowest BCUT2D eigenvalue weighted by atomic mass is 10.1. The van der Waals surface area contributed by atoms with Gasteiger partial charge in [0, 0.05) is 22.5 Å². The Balaban J connectivity index is 1.55. The van der Waals surface area contributed by atoms with E-state index in [1.165, 1.54) is 30.0 Å². The Morgan fingerprint density at radius 3 is 2.52 bits per heavy atom. The van der Waals surface area contributed by atoms with Crippen molar-refractivity contribution < 1.29 is 14.0 Å². The predicted molar refractivity (Wildman–Crippen MR) is 121 cm³/mol. The van der Waals surface area contributed by atoms with Gasteiger partial charge in [-0.05, 0) is 41.5 Å². The summed E-state index contributed by atoms with van der Waals surface area (Å²) in [6.45, 7) is 0.534. The third-order valence-electron chi connectivity index (χ3n) is 4.76. The van der Waals surface area contributed by atoms with Crippen molar-refractivity contribution in [2.45, 2.75) is 18.0 Å². The van der Waals surface area contributed by atoms with Gasteiger partial charge in [0.05, 0.1) is 17.1 Å². The van der Waals surface area contributed by atoms with Crippen LogP contribution in [0.3, 0.4) is 0 Å². The molecule has 4 nitrogen and oxygen atoms in total. The van der Waals surface area contributed by atoms with E-state index in [1.807, 2.05) is 42.5 Å². The molecule has 0 saturated carbocycles. The lowest BCUT2D eigenvalue weighted by Crippen LogP contribution is -2.34. The molecule has 0 radical (unpaired) electrons. The number of carbonyl (C=O) groups excluding carboxylic acids is 2. The summed E-state index contributed by atoms with van der Waals surface area (Å²) in [4.78, 5) is 28.5. The molecule has 7 heteroatoms. The molecule has 1 aliphatic heterocycles. The molecular formula is C24H18ClFN2O2S. The fourth-order valence-electron chi connectivity index (χ4n) is 3.19. The van der Waals surface area contributed by atoms with E-state index in [4.69, 9.17) is 11.6 Å². The summed E-state index contributed by atoms with van der Waals surface area (Å²) in [5, 5.41) is 3.34. The number of fused-ring (bicyclic) bond motifs is 1. The summed E-state index contributed by atoms with van der Waals surface area (Å²) in [7, 11) is 0. The molecule has 0 saturated heterocycles. The molecule has 4 rings (SSSR count). The van der Waals surface area contributed by atoms with Gasteiger partial charge in [0.25, 0.3) is 5.91 Å². The molecule has 0 spiro atoms. The minimum Gasteiger partial charge on any atom is -0.348 e. The van der Waals surface area contributed by atoms with Gasteiger partial charge in [-0.15, -0.1) is 0 Å². The first-order valence-corrected chi connectivity index (χ1v) is 10.8. The Morgan fingerprint density at radius 1 is 1.03 bits per heavy atom. The number of rotatable bonds is 5. The number of nitrogens with one attached hydrogen (secondary N) is 1. The second kappa shape index (κ2) is 9.37. The number of anilines is 1. The van der Waals surface area contributed by atoms with Crippen molar-refractivity contribution in [2.24, 2.45) is 0 Å². The van der Waals surface area contributed by atoms with Crippen LogP contribution in [-0.2, 0) is 22.7 Å². The molecule has 2 amide bonds. The van der Waals surface area contributed by atoms with E-state index < -0.39 is 0 Å². The highest BCUT2D eigenvalue weighted by Crippen LogP contribution is 2.41. The number of benzene rings is 3. The fourth-order valence-corrected chi connectivity index (χ4v) is 4.42. The van der Waals surface area contributed by atoms with Crippen LogP contribution in [0.1, 0.15) is 11.1 Å². The van der Waals surface area contributed by atoms with Gasteiger partial charge in [-0.3, -0.25) is 9.59 Å². The average Bonchev–Trinajstić information content (AvgIpc) is 2.77. The molecule has 31 heavy (non-hydrogen) atoms. The maximum absolute atomic E-state index is 13.3. The first-order chi connectivity index (χ1) is 15.0. The molecule has 0 atom stereocenters. The zero-order chi connectivity index (χ0) is 21.8. The maximum Gasteiger partial charge on any atom is 0.265 e. The summed E-state index contributed by atoms with van der Waals surface area (Å²) < 4.78 is 13.3. The minimum absolute atomic E-state index is 0.261. The summed E-state index contributed by atoms with van der Waals surface area (Å²) in [5.74, 6) is -0.988. The molecule has 1 N–H and O–H groups in total. The molecule has 0 aliphatic carbocycles. The minimum atomic E-state index is -0.378. The molecule has 0 bridgehead atoms. The number of hydrogen-bond acceptors (Lipinski definition) is 3. The zero-order valence-electron chi connectivity index (χ0n) is 16.3. The second-order valence-corrected chi connectivity index (χ2v) is 8.40. The summed E-state index contributed by atoms with van der Waals surface area (Å²) in [5.41, 5.74) is 2.34. The number of nitrogens with zero attached hydrogens (tertiary/aromatic N) is 1. The van der Waals surface area contributed by atoms with Crippen LogP contribution in [0.15, 0.2) is 88.7 Å². The predicted octanol–water partition coefficient (Wildman–Crippen LogP) is 5.32. The highest BCUT2D eigenvalue weighted by Gasteiger charge is 2.29. The molecule has 0 unspecified atom stereocenters. The van der Waals surface area contributed by atoms with Crippen molar-refractivity contribution >= 4 is 40.9 Å².